The highest BCUT2D eigenvalue weighted by molar-refractivity contribution is 7.99. The Labute approximate surface area is 159 Å². The van der Waals surface area contributed by atoms with Gasteiger partial charge in [0.25, 0.3) is 5.56 Å². The molecule has 1 heterocycles. The van der Waals surface area contributed by atoms with E-state index in [1.165, 1.54) is 6.21 Å². The van der Waals surface area contributed by atoms with Crippen molar-refractivity contribution in [3.05, 3.63) is 105 Å². The standard InChI is InChI=1S/C21H15N3O2S/c25-20-18-8-4-5-9-19(18)23-21(26)24(20)22-14-15-10-12-17(13-11-15)27-16-6-2-1-3-7-16/h1-14H,(H,23,26). The fourth-order valence-corrected chi connectivity index (χ4v) is 3.47. The first kappa shape index (κ1) is 17.1. The molecule has 0 saturated carbocycles. The van der Waals surface area contributed by atoms with Crippen LogP contribution < -0.4 is 11.2 Å². The molecule has 4 rings (SSSR count). The van der Waals surface area contributed by atoms with E-state index in [4.69, 9.17) is 0 Å². The summed E-state index contributed by atoms with van der Waals surface area (Å²) in [5, 5.41) is 4.49. The maximum atomic E-state index is 12.5. The number of hydrogen-bond acceptors (Lipinski definition) is 4. The summed E-state index contributed by atoms with van der Waals surface area (Å²) in [6, 6.07) is 24.7. The molecule has 1 N–H and O–H groups in total. The lowest BCUT2D eigenvalue weighted by Crippen LogP contribution is -2.32. The van der Waals surface area contributed by atoms with E-state index in [-0.39, 0.29) is 0 Å². The summed E-state index contributed by atoms with van der Waals surface area (Å²) in [5.74, 6) is 0. The van der Waals surface area contributed by atoms with E-state index in [0.29, 0.717) is 10.9 Å². The van der Waals surface area contributed by atoms with Crippen molar-refractivity contribution in [2.45, 2.75) is 9.79 Å². The van der Waals surface area contributed by atoms with Gasteiger partial charge >= 0.3 is 5.69 Å². The zero-order chi connectivity index (χ0) is 18.6. The van der Waals surface area contributed by atoms with Gasteiger partial charge in [-0.2, -0.15) is 5.10 Å². The van der Waals surface area contributed by atoms with E-state index < -0.39 is 11.2 Å². The van der Waals surface area contributed by atoms with E-state index in [1.807, 2.05) is 42.5 Å². The molecule has 0 aliphatic heterocycles. The molecule has 132 valence electrons. The summed E-state index contributed by atoms with van der Waals surface area (Å²) in [6.07, 6.45) is 1.50. The first-order chi connectivity index (χ1) is 13.2. The first-order valence-electron chi connectivity index (χ1n) is 8.32. The molecule has 0 aliphatic rings. The van der Waals surface area contributed by atoms with Crippen LogP contribution in [0.4, 0.5) is 0 Å². The summed E-state index contributed by atoms with van der Waals surface area (Å²) in [4.78, 5) is 29.5. The van der Waals surface area contributed by atoms with Crippen LogP contribution in [0, 0.1) is 0 Å². The normalized spacial score (nSPS) is 11.3. The largest absolute Gasteiger partial charge is 0.349 e. The lowest BCUT2D eigenvalue weighted by molar-refractivity contribution is 0.771. The predicted octanol–water partition coefficient (Wildman–Crippen LogP) is 3.72. The fourth-order valence-electron chi connectivity index (χ4n) is 2.63. The Kier molecular flexibility index (Phi) is 4.72. The molecule has 0 saturated heterocycles. The van der Waals surface area contributed by atoms with Crippen molar-refractivity contribution in [1.82, 2.24) is 9.66 Å². The Morgan fingerprint density at radius 2 is 1.48 bits per heavy atom. The molecular weight excluding hydrogens is 358 g/mol. The molecular formula is C21H15N3O2S. The number of hydrogen-bond donors (Lipinski definition) is 1. The quantitative estimate of drug-likeness (QED) is 0.554. The minimum atomic E-state index is -0.564. The molecule has 0 bridgehead atoms. The summed E-state index contributed by atoms with van der Waals surface area (Å²) in [7, 11) is 0. The van der Waals surface area contributed by atoms with Crippen LogP contribution in [0.25, 0.3) is 10.9 Å². The highest BCUT2D eigenvalue weighted by Gasteiger charge is 2.05. The molecule has 0 unspecified atom stereocenters. The van der Waals surface area contributed by atoms with Crippen LogP contribution in [-0.4, -0.2) is 15.9 Å². The van der Waals surface area contributed by atoms with Gasteiger partial charge in [0, 0.05) is 9.79 Å². The number of aromatic nitrogens is 2. The van der Waals surface area contributed by atoms with E-state index in [9.17, 15) is 9.59 Å². The van der Waals surface area contributed by atoms with Gasteiger partial charge in [-0.15, -0.1) is 4.68 Å². The van der Waals surface area contributed by atoms with Crippen molar-refractivity contribution in [3.63, 3.8) is 0 Å². The van der Waals surface area contributed by atoms with Gasteiger partial charge < -0.3 is 4.98 Å². The van der Waals surface area contributed by atoms with Gasteiger partial charge in [0.05, 0.1) is 17.1 Å². The average Bonchev–Trinajstić information content (AvgIpc) is 2.70. The third-order valence-corrected chi connectivity index (χ3v) is 4.98. The average molecular weight is 373 g/mol. The van der Waals surface area contributed by atoms with Crippen molar-refractivity contribution in [2.24, 2.45) is 5.10 Å². The molecule has 0 spiro atoms. The maximum absolute atomic E-state index is 12.5. The van der Waals surface area contributed by atoms with Crippen LogP contribution in [0.1, 0.15) is 5.56 Å². The molecule has 0 amide bonds. The monoisotopic (exact) mass is 373 g/mol. The number of nitrogens with zero attached hydrogens (tertiary/aromatic N) is 2. The van der Waals surface area contributed by atoms with Crippen LogP contribution in [-0.2, 0) is 0 Å². The second-order valence-corrected chi connectivity index (χ2v) is 6.97. The molecule has 6 heteroatoms. The van der Waals surface area contributed by atoms with E-state index in [0.717, 1.165) is 20.0 Å². The van der Waals surface area contributed by atoms with Crippen LogP contribution in [0.5, 0.6) is 0 Å². The number of H-pyrrole nitrogens is 1. The predicted molar refractivity (Wildman–Crippen MR) is 109 cm³/mol. The smallest absolute Gasteiger partial charge is 0.305 e. The van der Waals surface area contributed by atoms with Gasteiger partial charge in [-0.25, -0.2) is 4.79 Å². The Morgan fingerprint density at radius 3 is 2.26 bits per heavy atom. The van der Waals surface area contributed by atoms with Crippen molar-refractivity contribution in [1.29, 1.82) is 0 Å². The van der Waals surface area contributed by atoms with Gasteiger partial charge in [0.2, 0.25) is 0 Å². The van der Waals surface area contributed by atoms with Crippen LogP contribution in [0.15, 0.2) is 103 Å². The Balaban J connectivity index is 1.59. The van der Waals surface area contributed by atoms with E-state index in [2.05, 4.69) is 22.2 Å². The SMILES string of the molecule is O=c1[nH]c2ccccc2c(=O)n1N=Cc1ccc(Sc2ccccc2)cc1. The second kappa shape index (κ2) is 7.47. The minimum absolute atomic E-state index is 0.420. The van der Waals surface area contributed by atoms with E-state index in [1.54, 1.807) is 36.0 Å². The second-order valence-electron chi connectivity index (χ2n) is 5.82. The Bertz CT molecular complexity index is 1230. The lowest BCUT2D eigenvalue weighted by atomic mass is 10.2. The molecule has 0 aliphatic carbocycles. The summed E-state index contributed by atoms with van der Waals surface area (Å²) in [5.41, 5.74) is 0.293. The molecule has 27 heavy (non-hydrogen) atoms. The van der Waals surface area contributed by atoms with Crippen molar-refractivity contribution < 1.29 is 0 Å². The van der Waals surface area contributed by atoms with E-state index >= 15 is 0 Å². The molecule has 4 aromatic rings. The van der Waals surface area contributed by atoms with Gasteiger partial charge in [0.1, 0.15) is 0 Å². The number of rotatable bonds is 4. The highest BCUT2D eigenvalue weighted by atomic mass is 32.2. The zero-order valence-corrected chi connectivity index (χ0v) is 15.0. The fraction of sp³-hybridized carbons (Fsp3) is 0. The Morgan fingerprint density at radius 1 is 0.815 bits per heavy atom. The zero-order valence-electron chi connectivity index (χ0n) is 14.2. The Hall–Kier alpha value is -3.38. The number of benzene rings is 3. The third kappa shape index (κ3) is 3.75. The molecule has 0 atom stereocenters. The molecule has 1 aromatic heterocycles. The molecule has 5 nitrogen and oxygen atoms in total. The minimum Gasteiger partial charge on any atom is -0.305 e. The van der Waals surface area contributed by atoms with Gasteiger partial charge in [0.15, 0.2) is 0 Å². The van der Waals surface area contributed by atoms with Gasteiger partial charge in [-0.1, -0.05) is 54.2 Å². The van der Waals surface area contributed by atoms with Crippen LogP contribution in [0.2, 0.25) is 0 Å². The lowest BCUT2D eigenvalue weighted by Gasteiger charge is -2.02. The van der Waals surface area contributed by atoms with Crippen LogP contribution >= 0.6 is 11.8 Å². The topological polar surface area (TPSA) is 67.2 Å². The molecule has 3 aromatic carbocycles. The number of para-hydroxylation sites is 1. The number of fused-ring (bicyclic) bond motifs is 1. The van der Waals surface area contributed by atoms with Crippen molar-refractivity contribution in [3.8, 4) is 0 Å². The number of nitrogens with one attached hydrogen (secondary N) is 1. The summed E-state index contributed by atoms with van der Waals surface area (Å²) < 4.78 is 0.842. The number of aromatic amines is 1. The van der Waals surface area contributed by atoms with Crippen molar-refractivity contribution in [2.75, 3.05) is 0 Å². The van der Waals surface area contributed by atoms with Crippen LogP contribution in [0.3, 0.4) is 0 Å². The summed E-state index contributed by atoms with van der Waals surface area (Å²) in [6.45, 7) is 0. The van der Waals surface area contributed by atoms with Gasteiger partial charge in [-0.05, 0) is 42.0 Å². The molecule has 0 fully saturated rings. The summed E-state index contributed by atoms with van der Waals surface area (Å²) >= 11 is 1.66. The maximum Gasteiger partial charge on any atom is 0.349 e. The van der Waals surface area contributed by atoms with Crippen molar-refractivity contribution >= 4 is 28.9 Å². The first-order valence-corrected chi connectivity index (χ1v) is 9.14. The third-order valence-electron chi connectivity index (χ3n) is 3.97. The highest BCUT2D eigenvalue weighted by Crippen LogP contribution is 2.27. The van der Waals surface area contributed by atoms with Gasteiger partial charge in [-0.3, -0.25) is 4.79 Å². The molecule has 0 radical (unpaired) electrons.